The van der Waals surface area contributed by atoms with Crippen molar-refractivity contribution in [2.24, 2.45) is 11.1 Å². The zero-order valence-electron chi connectivity index (χ0n) is 16.0. The fourth-order valence-electron chi connectivity index (χ4n) is 2.38. The van der Waals surface area contributed by atoms with Crippen LogP contribution in [0.3, 0.4) is 0 Å². The van der Waals surface area contributed by atoms with Gasteiger partial charge in [0.15, 0.2) is 0 Å². The van der Waals surface area contributed by atoms with E-state index in [1.807, 2.05) is 24.3 Å². The maximum atomic E-state index is 11.4. The summed E-state index contributed by atoms with van der Waals surface area (Å²) in [6.07, 6.45) is 1.86. The highest BCUT2D eigenvalue weighted by atomic mass is 16.5. The van der Waals surface area contributed by atoms with Gasteiger partial charge in [-0.05, 0) is 29.8 Å². The number of benzene rings is 1. The number of amides is 1. The summed E-state index contributed by atoms with van der Waals surface area (Å²) >= 11 is 0. The van der Waals surface area contributed by atoms with E-state index < -0.39 is 11.3 Å². The van der Waals surface area contributed by atoms with Crippen LogP contribution >= 0.6 is 0 Å². The van der Waals surface area contributed by atoms with Crippen LogP contribution in [0.2, 0.25) is 0 Å². The van der Waals surface area contributed by atoms with Gasteiger partial charge in [0.05, 0.1) is 18.7 Å². The molecule has 0 saturated carbocycles. The van der Waals surface area contributed by atoms with Crippen LogP contribution < -0.4 is 15.2 Å². The fourth-order valence-corrected chi connectivity index (χ4v) is 2.38. The third-order valence-electron chi connectivity index (χ3n) is 4.26. The first-order valence-electron chi connectivity index (χ1n) is 8.72. The predicted molar refractivity (Wildman–Crippen MR) is 102 cm³/mol. The molecule has 2 aromatic heterocycles. The van der Waals surface area contributed by atoms with Crippen molar-refractivity contribution in [3.8, 4) is 23.0 Å². The molecule has 0 spiro atoms. The van der Waals surface area contributed by atoms with Crippen LogP contribution in [0.4, 0.5) is 0 Å². The summed E-state index contributed by atoms with van der Waals surface area (Å²) in [6, 6.07) is 11.2. The first kappa shape index (κ1) is 19.3. The topological polar surface area (TPSA) is 113 Å². The Morgan fingerprint density at radius 2 is 1.86 bits per heavy atom. The molecule has 0 fully saturated rings. The smallest absolute Gasteiger partial charge is 0.228 e. The highest BCUT2D eigenvalue weighted by molar-refractivity contribution is 5.80. The number of carbonyl (C=O) groups is 1. The monoisotopic (exact) mass is 382 g/mol. The quantitative estimate of drug-likeness (QED) is 0.637. The molecule has 0 bridgehead atoms. The first-order valence-corrected chi connectivity index (χ1v) is 8.72. The Balaban J connectivity index is 1.62. The summed E-state index contributed by atoms with van der Waals surface area (Å²) in [5, 5.41) is 3.92. The molecular weight excluding hydrogens is 360 g/mol. The number of rotatable bonds is 8. The molecule has 0 unspecified atom stereocenters. The first-order chi connectivity index (χ1) is 13.4. The van der Waals surface area contributed by atoms with Gasteiger partial charge < -0.3 is 19.7 Å². The van der Waals surface area contributed by atoms with Crippen molar-refractivity contribution < 1.29 is 18.8 Å². The highest BCUT2D eigenvalue weighted by Gasteiger charge is 2.28. The lowest BCUT2D eigenvalue weighted by molar-refractivity contribution is -0.126. The summed E-state index contributed by atoms with van der Waals surface area (Å²) in [4.78, 5) is 20.0. The van der Waals surface area contributed by atoms with E-state index in [0.29, 0.717) is 29.8 Å². The van der Waals surface area contributed by atoms with Gasteiger partial charge in [0.1, 0.15) is 23.8 Å². The average Bonchev–Trinajstić information content (AvgIpc) is 3.15. The largest absolute Gasteiger partial charge is 0.497 e. The van der Waals surface area contributed by atoms with Crippen LogP contribution in [0.25, 0.3) is 11.5 Å². The number of primary amides is 1. The second kappa shape index (κ2) is 8.08. The van der Waals surface area contributed by atoms with Crippen molar-refractivity contribution in [2.75, 3.05) is 7.11 Å². The third-order valence-corrected chi connectivity index (χ3v) is 4.26. The van der Waals surface area contributed by atoms with Gasteiger partial charge in [-0.3, -0.25) is 4.79 Å². The van der Waals surface area contributed by atoms with Crippen molar-refractivity contribution in [1.29, 1.82) is 0 Å². The van der Waals surface area contributed by atoms with E-state index in [4.69, 9.17) is 19.7 Å². The Morgan fingerprint density at radius 1 is 1.14 bits per heavy atom. The van der Waals surface area contributed by atoms with Gasteiger partial charge in [-0.25, -0.2) is 4.98 Å². The van der Waals surface area contributed by atoms with Gasteiger partial charge in [-0.1, -0.05) is 31.1 Å². The van der Waals surface area contributed by atoms with E-state index >= 15 is 0 Å². The minimum Gasteiger partial charge on any atom is -0.497 e. The number of carbonyl (C=O) groups excluding carboxylic acids is 1. The Morgan fingerprint density at radius 3 is 2.46 bits per heavy atom. The molecule has 146 valence electrons. The minimum absolute atomic E-state index is 0.262. The molecule has 3 rings (SSSR count). The normalized spacial score (nSPS) is 11.2. The van der Waals surface area contributed by atoms with Gasteiger partial charge in [0.2, 0.25) is 17.6 Å². The fraction of sp³-hybridized carbons (Fsp3) is 0.300. The van der Waals surface area contributed by atoms with Crippen molar-refractivity contribution >= 4 is 5.91 Å². The number of methoxy groups -OCH3 is 1. The summed E-state index contributed by atoms with van der Waals surface area (Å²) in [5.74, 6) is 1.67. The average molecular weight is 382 g/mol. The summed E-state index contributed by atoms with van der Waals surface area (Å²) < 4.78 is 16.1. The van der Waals surface area contributed by atoms with Crippen LogP contribution in [0, 0.1) is 5.41 Å². The van der Waals surface area contributed by atoms with Gasteiger partial charge in [-0.2, -0.15) is 4.98 Å². The van der Waals surface area contributed by atoms with Crippen LogP contribution in [0.5, 0.6) is 11.5 Å². The lowest BCUT2D eigenvalue weighted by atomic mass is 9.89. The van der Waals surface area contributed by atoms with Crippen LogP contribution in [0.1, 0.15) is 25.3 Å². The standard InChI is InChI=1S/C20H22N4O4/c1-20(2,19(21)25)10-17-23-18(24-28-17)16-9-8-15(11-22-16)27-12-13-4-6-14(26-3)7-5-13/h4-9,11H,10,12H2,1-3H3,(H2,21,25). The van der Waals surface area contributed by atoms with E-state index in [1.165, 1.54) is 0 Å². The van der Waals surface area contributed by atoms with E-state index in [-0.39, 0.29) is 6.42 Å². The summed E-state index contributed by atoms with van der Waals surface area (Å²) in [6.45, 7) is 3.87. The summed E-state index contributed by atoms with van der Waals surface area (Å²) in [7, 11) is 1.63. The maximum absolute atomic E-state index is 11.4. The maximum Gasteiger partial charge on any atom is 0.228 e. The van der Waals surface area contributed by atoms with E-state index in [0.717, 1.165) is 11.3 Å². The van der Waals surface area contributed by atoms with Crippen LogP contribution in [-0.2, 0) is 17.8 Å². The molecule has 0 atom stereocenters. The number of ether oxygens (including phenoxy) is 2. The number of hydrogen-bond acceptors (Lipinski definition) is 7. The number of nitrogens with zero attached hydrogens (tertiary/aromatic N) is 3. The number of nitrogens with two attached hydrogens (primary N) is 1. The molecule has 0 radical (unpaired) electrons. The molecule has 2 heterocycles. The molecule has 3 aromatic rings. The van der Waals surface area contributed by atoms with Gasteiger partial charge in [-0.15, -0.1) is 0 Å². The van der Waals surface area contributed by atoms with Crippen LogP contribution in [-0.4, -0.2) is 28.1 Å². The van der Waals surface area contributed by atoms with Gasteiger partial charge in [0.25, 0.3) is 0 Å². The Bertz CT molecular complexity index is 934. The molecule has 8 heteroatoms. The highest BCUT2D eigenvalue weighted by Crippen LogP contribution is 2.23. The molecule has 28 heavy (non-hydrogen) atoms. The predicted octanol–water partition coefficient (Wildman–Crippen LogP) is 2.77. The molecule has 0 saturated heterocycles. The van der Waals surface area contributed by atoms with Crippen molar-refractivity contribution in [3.63, 3.8) is 0 Å². The second-order valence-electron chi connectivity index (χ2n) is 6.95. The van der Waals surface area contributed by atoms with Gasteiger partial charge >= 0.3 is 0 Å². The van der Waals surface area contributed by atoms with E-state index in [2.05, 4.69) is 15.1 Å². The number of hydrogen-bond donors (Lipinski definition) is 1. The molecule has 0 aliphatic rings. The third kappa shape index (κ3) is 4.64. The van der Waals surface area contributed by atoms with E-state index in [1.54, 1.807) is 39.3 Å². The van der Waals surface area contributed by atoms with Crippen molar-refractivity contribution in [3.05, 3.63) is 54.0 Å². The zero-order valence-corrected chi connectivity index (χ0v) is 16.0. The van der Waals surface area contributed by atoms with E-state index in [9.17, 15) is 4.79 Å². The SMILES string of the molecule is COc1ccc(COc2ccc(-c3noc(CC(C)(C)C(N)=O)n3)nc2)cc1. The molecule has 1 aromatic carbocycles. The zero-order chi connectivity index (χ0) is 20.1. The number of aromatic nitrogens is 3. The van der Waals surface area contributed by atoms with Crippen LogP contribution in [0.15, 0.2) is 47.1 Å². The Labute approximate surface area is 162 Å². The lowest BCUT2D eigenvalue weighted by Crippen LogP contribution is -2.33. The molecule has 0 aliphatic heterocycles. The lowest BCUT2D eigenvalue weighted by Gasteiger charge is -2.16. The number of pyridine rings is 1. The minimum atomic E-state index is -0.767. The molecular formula is C20H22N4O4. The van der Waals surface area contributed by atoms with Crippen molar-refractivity contribution in [2.45, 2.75) is 26.9 Å². The Hall–Kier alpha value is -3.42. The second-order valence-corrected chi connectivity index (χ2v) is 6.95. The summed E-state index contributed by atoms with van der Waals surface area (Å²) in [5.41, 5.74) is 6.17. The Kier molecular flexibility index (Phi) is 5.58. The molecule has 2 N–H and O–H groups in total. The molecule has 8 nitrogen and oxygen atoms in total. The molecule has 0 aliphatic carbocycles. The van der Waals surface area contributed by atoms with Gasteiger partial charge in [0, 0.05) is 6.42 Å². The van der Waals surface area contributed by atoms with Crippen molar-refractivity contribution in [1.82, 2.24) is 15.1 Å². The molecule has 1 amide bonds.